The van der Waals surface area contributed by atoms with Crippen LogP contribution in [0.1, 0.15) is 5.69 Å². The van der Waals surface area contributed by atoms with E-state index in [-0.39, 0.29) is 20.9 Å². The number of hydrogen-bond donors (Lipinski definition) is 4. The van der Waals surface area contributed by atoms with Gasteiger partial charge in [0.1, 0.15) is 27.1 Å². The number of nitrogens with zero attached hydrogens (tertiary/aromatic N) is 5. The van der Waals surface area contributed by atoms with Gasteiger partial charge in [-0.05, 0) is 0 Å². The number of fused-ring (bicyclic) bond motifs is 1. The number of nitrogens with two attached hydrogens (primary N) is 1. The van der Waals surface area contributed by atoms with Crippen molar-refractivity contribution in [1.29, 1.82) is 0 Å². The summed E-state index contributed by atoms with van der Waals surface area (Å²) in [6.45, 7) is 0. The van der Waals surface area contributed by atoms with Crippen LogP contribution < -0.4 is 11.1 Å². The van der Waals surface area contributed by atoms with Gasteiger partial charge in [-0.1, -0.05) is 39.9 Å². The van der Waals surface area contributed by atoms with E-state index in [1.54, 1.807) is 24.0 Å². The molecule has 2 aliphatic rings. The smallest absolute Gasteiger partial charge is 0.353 e. The van der Waals surface area contributed by atoms with Crippen LogP contribution in [0.25, 0.3) is 0 Å². The highest BCUT2D eigenvalue weighted by molar-refractivity contribution is 8.06. The molecular weight excluding hydrogens is 502 g/mol. The van der Waals surface area contributed by atoms with Crippen molar-refractivity contribution in [2.24, 2.45) is 12.2 Å². The molecule has 0 radical (unpaired) electrons. The average molecular weight is 516 g/mol. The van der Waals surface area contributed by atoms with E-state index in [1.165, 1.54) is 11.8 Å². The number of carbonyl (C=O) groups is 3. The number of anilines is 1. The molecule has 0 saturated carbocycles. The third-order valence-corrected chi connectivity index (χ3v) is 8.26. The molecule has 2 atom stereocenters. The summed E-state index contributed by atoms with van der Waals surface area (Å²) in [5.41, 5.74) is 4.79. The summed E-state index contributed by atoms with van der Waals surface area (Å²) in [6.07, 6.45) is 3.32. The van der Waals surface area contributed by atoms with Crippen molar-refractivity contribution in [1.82, 2.24) is 24.8 Å². The predicted octanol–water partition coefficient (Wildman–Crippen LogP) is 0.779. The van der Waals surface area contributed by atoms with E-state index in [4.69, 9.17) is 17.3 Å². The van der Waals surface area contributed by atoms with Crippen LogP contribution in [0.4, 0.5) is 5.13 Å². The number of aryl methyl sites for hydroxylation is 1. The van der Waals surface area contributed by atoms with Crippen LogP contribution in [0.3, 0.4) is 0 Å². The molecule has 1 saturated heterocycles. The maximum atomic E-state index is 12.8. The summed E-state index contributed by atoms with van der Waals surface area (Å²) in [4.78, 5) is 47.0. The minimum atomic E-state index is -1.26. The highest BCUT2D eigenvalue weighted by Crippen LogP contribution is 2.44. The number of β-lactam (4-membered cyclic amide) rings is 1. The van der Waals surface area contributed by atoms with Gasteiger partial charge in [0.25, 0.3) is 11.8 Å². The Morgan fingerprint density at radius 1 is 1.47 bits per heavy atom. The Hall–Kier alpha value is -2.75. The van der Waals surface area contributed by atoms with Gasteiger partial charge in [0.05, 0.1) is 0 Å². The number of imidazole rings is 1. The fraction of sp³-hybridized carbons (Fsp3) is 0.250. The monoisotopic (exact) mass is 515 g/mol. The number of nitrogens with one attached hydrogen (secondary N) is 1. The number of amides is 2. The first-order valence-corrected chi connectivity index (χ1v) is 11.8. The van der Waals surface area contributed by atoms with Gasteiger partial charge in [0, 0.05) is 30.1 Å². The molecule has 2 aromatic heterocycles. The van der Waals surface area contributed by atoms with E-state index in [9.17, 15) is 24.7 Å². The second-order valence-electron chi connectivity index (χ2n) is 6.48. The molecule has 5 N–H and O–H groups in total. The lowest BCUT2D eigenvalue weighted by molar-refractivity contribution is -0.150. The van der Waals surface area contributed by atoms with Gasteiger partial charge in [-0.25, -0.2) is 14.8 Å². The zero-order valence-corrected chi connectivity index (χ0v) is 19.3. The van der Waals surface area contributed by atoms with Crippen LogP contribution in [0.2, 0.25) is 4.34 Å². The first-order valence-electron chi connectivity index (χ1n) is 8.74. The number of carboxylic acid groups (broad SMARTS) is 1. The lowest BCUT2D eigenvalue weighted by Gasteiger charge is -2.49. The van der Waals surface area contributed by atoms with Crippen LogP contribution >= 0.6 is 46.5 Å². The van der Waals surface area contributed by atoms with Gasteiger partial charge < -0.3 is 25.9 Å². The Bertz CT molecular complexity index is 1190. The minimum absolute atomic E-state index is 0.0473. The molecule has 32 heavy (non-hydrogen) atoms. The topological polar surface area (TPSA) is 176 Å². The van der Waals surface area contributed by atoms with Crippen molar-refractivity contribution in [2.45, 2.75) is 16.6 Å². The van der Waals surface area contributed by atoms with Crippen LogP contribution in [0, 0.1) is 0 Å². The van der Waals surface area contributed by atoms with Crippen LogP contribution in [0.5, 0.6) is 0 Å². The van der Waals surface area contributed by atoms with Crippen molar-refractivity contribution in [2.75, 3.05) is 11.5 Å². The zero-order chi connectivity index (χ0) is 23.2. The van der Waals surface area contributed by atoms with Crippen LogP contribution in [-0.2, 0) is 21.4 Å². The standard InChI is InChI=1S/C16H14ClN7O5S3/c1-23-3-2-19-16(23)31-5-4-30-13-8(12(26)24(13)9(5)14(27)28)20-11(25)7(22-29)6-10(17)32-15(18)21-6/h2-3,8,13,29H,4H2,1H3,(H2,18,21)(H,20,25)(H,27,28)/b22-7+/t8-,13-/m1/s1. The number of carbonyl (C=O) groups excluding carboxylic acids is 2. The number of nitrogen functional groups attached to an aromatic ring is 1. The number of thioether (sulfide) groups is 2. The Kier molecular flexibility index (Phi) is 6.07. The Morgan fingerprint density at radius 3 is 2.78 bits per heavy atom. The van der Waals surface area contributed by atoms with Gasteiger partial charge in [0.2, 0.25) is 0 Å². The number of thiazole rings is 1. The number of carboxylic acids is 1. The maximum absolute atomic E-state index is 12.8. The predicted molar refractivity (Wildman–Crippen MR) is 119 cm³/mol. The first kappa shape index (κ1) is 22.4. The molecule has 12 nitrogen and oxygen atoms in total. The van der Waals surface area contributed by atoms with Gasteiger partial charge in [-0.15, -0.1) is 11.8 Å². The van der Waals surface area contributed by atoms with E-state index in [2.05, 4.69) is 20.4 Å². The molecule has 0 aliphatic carbocycles. The van der Waals surface area contributed by atoms with E-state index in [0.29, 0.717) is 15.8 Å². The molecule has 168 valence electrons. The first-order chi connectivity index (χ1) is 15.2. The molecule has 4 rings (SSSR count). The lowest BCUT2D eigenvalue weighted by Crippen LogP contribution is -2.71. The summed E-state index contributed by atoms with van der Waals surface area (Å²) >= 11 is 9.32. The molecule has 2 aromatic rings. The molecule has 16 heteroatoms. The number of aliphatic carboxylic acids is 1. The van der Waals surface area contributed by atoms with Gasteiger partial charge in [-0.3, -0.25) is 14.5 Å². The Morgan fingerprint density at radius 2 is 2.22 bits per heavy atom. The Labute approximate surface area is 197 Å². The molecule has 0 aromatic carbocycles. The second-order valence-corrected chi connectivity index (χ2v) is 10.3. The van der Waals surface area contributed by atoms with Gasteiger partial charge in [-0.2, -0.15) is 0 Å². The largest absolute Gasteiger partial charge is 0.477 e. The molecule has 4 heterocycles. The number of rotatable bonds is 6. The van der Waals surface area contributed by atoms with Crippen molar-refractivity contribution < 1.29 is 24.7 Å². The van der Waals surface area contributed by atoms with Crippen molar-refractivity contribution in [3.63, 3.8) is 0 Å². The van der Waals surface area contributed by atoms with Crippen LogP contribution in [-0.4, -0.2) is 70.4 Å². The number of aromatic nitrogens is 3. The summed E-state index contributed by atoms with van der Waals surface area (Å²) < 4.78 is 1.78. The molecule has 1 fully saturated rings. The minimum Gasteiger partial charge on any atom is -0.477 e. The molecule has 2 amide bonds. The highest BCUT2D eigenvalue weighted by atomic mass is 35.5. The lowest BCUT2D eigenvalue weighted by atomic mass is 10.0. The number of oxime groups is 1. The quantitative estimate of drug-likeness (QED) is 0.186. The molecule has 2 aliphatic heterocycles. The maximum Gasteiger partial charge on any atom is 0.353 e. The second kappa shape index (κ2) is 8.65. The van der Waals surface area contributed by atoms with Crippen molar-refractivity contribution in [3.05, 3.63) is 33.0 Å². The fourth-order valence-electron chi connectivity index (χ4n) is 3.10. The summed E-state index contributed by atoms with van der Waals surface area (Å²) in [6, 6.07) is -1.02. The van der Waals surface area contributed by atoms with Crippen LogP contribution in [0.15, 0.2) is 33.3 Å². The molecule has 0 spiro atoms. The molecule has 0 bridgehead atoms. The van der Waals surface area contributed by atoms with Crippen molar-refractivity contribution >= 4 is 75.1 Å². The van der Waals surface area contributed by atoms with E-state index in [1.807, 2.05) is 0 Å². The third-order valence-electron chi connectivity index (χ3n) is 4.56. The third kappa shape index (κ3) is 3.80. The Balaban J connectivity index is 1.54. The molecule has 0 unspecified atom stereocenters. The number of hydrogen-bond acceptors (Lipinski definition) is 11. The van der Waals surface area contributed by atoms with Gasteiger partial charge >= 0.3 is 5.97 Å². The summed E-state index contributed by atoms with van der Waals surface area (Å²) in [5, 5.41) is 24.4. The highest BCUT2D eigenvalue weighted by Gasteiger charge is 2.54. The zero-order valence-electron chi connectivity index (χ0n) is 16.1. The van der Waals surface area contributed by atoms with E-state index in [0.717, 1.165) is 28.0 Å². The molecular formula is C16H14ClN7O5S3. The van der Waals surface area contributed by atoms with E-state index < -0.39 is 34.9 Å². The fourth-order valence-corrected chi connectivity index (χ4v) is 6.49. The summed E-state index contributed by atoms with van der Waals surface area (Å²) in [5.74, 6) is -2.46. The number of halogens is 1. The van der Waals surface area contributed by atoms with Gasteiger partial charge in [0.15, 0.2) is 16.0 Å². The van der Waals surface area contributed by atoms with Crippen molar-refractivity contribution in [3.8, 4) is 0 Å². The summed E-state index contributed by atoms with van der Waals surface area (Å²) in [7, 11) is 1.78. The average Bonchev–Trinajstić information content (AvgIpc) is 3.30. The normalized spacial score (nSPS) is 20.8. The SMILES string of the molecule is Cn1ccnc1SC1=C(C(=O)O)N2C(=O)[C@@H](NC(=O)/C(=N/O)c3nc(N)sc3Cl)[C@H]2SC1. The van der Waals surface area contributed by atoms with E-state index >= 15 is 0 Å².